The molecule has 0 saturated heterocycles. The minimum absolute atomic E-state index is 0.109. The first kappa shape index (κ1) is 16.6. The Kier molecular flexibility index (Phi) is 4.99. The van der Waals surface area contributed by atoms with Crippen molar-refractivity contribution in [2.75, 3.05) is 0 Å². The highest BCUT2D eigenvalue weighted by molar-refractivity contribution is 5.75. The lowest BCUT2D eigenvalue weighted by atomic mass is 10.1. The molecule has 0 saturated carbocycles. The summed E-state index contributed by atoms with van der Waals surface area (Å²) in [5.74, 6) is -0.630. The summed E-state index contributed by atoms with van der Waals surface area (Å²) in [6.07, 6.45) is 1.32. The van der Waals surface area contributed by atoms with Gasteiger partial charge in [-0.3, -0.25) is 14.2 Å². The number of amides is 1. The molecule has 0 radical (unpaired) electrons. The highest BCUT2D eigenvalue weighted by Gasteiger charge is 2.07. The Balaban J connectivity index is 1.66. The van der Waals surface area contributed by atoms with E-state index in [1.165, 1.54) is 29.1 Å². The number of hydrogen-bond donors (Lipinski definition) is 1. The average molecular weight is 337 g/mol. The third-order valence-electron chi connectivity index (χ3n) is 3.67. The normalized spacial score (nSPS) is 10.4. The standard InChI is InChI=1S/C19H16FN3O2/c20-16-8-6-15(7-9-16)17-10-19(25)23(13-22-17)12-18(24)21-11-14-4-2-1-3-5-14/h1-10,13H,11-12H2,(H,21,24). The Bertz CT molecular complexity index is 921. The summed E-state index contributed by atoms with van der Waals surface area (Å²) in [6.45, 7) is 0.290. The van der Waals surface area contributed by atoms with Crippen LogP contribution in [0.15, 0.2) is 71.8 Å². The van der Waals surface area contributed by atoms with E-state index < -0.39 is 0 Å². The molecule has 5 nitrogen and oxygen atoms in total. The maximum Gasteiger partial charge on any atom is 0.254 e. The third kappa shape index (κ3) is 4.38. The molecule has 1 amide bonds. The Morgan fingerprint density at radius 3 is 2.48 bits per heavy atom. The van der Waals surface area contributed by atoms with Gasteiger partial charge < -0.3 is 5.32 Å². The van der Waals surface area contributed by atoms with E-state index in [1.807, 2.05) is 30.3 Å². The summed E-state index contributed by atoms with van der Waals surface area (Å²) >= 11 is 0. The Labute approximate surface area is 143 Å². The van der Waals surface area contributed by atoms with Crippen LogP contribution in [0.4, 0.5) is 4.39 Å². The van der Waals surface area contributed by atoms with Crippen LogP contribution in [0.1, 0.15) is 5.56 Å². The molecule has 0 aliphatic heterocycles. The first-order chi connectivity index (χ1) is 12.1. The molecule has 6 heteroatoms. The van der Waals surface area contributed by atoms with Crippen molar-refractivity contribution < 1.29 is 9.18 Å². The van der Waals surface area contributed by atoms with Crippen molar-refractivity contribution in [2.45, 2.75) is 13.1 Å². The van der Waals surface area contributed by atoms with Crippen LogP contribution in [0.3, 0.4) is 0 Å². The fourth-order valence-electron chi connectivity index (χ4n) is 2.33. The van der Waals surface area contributed by atoms with E-state index >= 15 is 0 Å². The Morgan fingerprint density at radius 2 is 1.80 bits per heavy atom. The molecule has 1 aromatic heterocycles. The van der Waals surface area contributed by atoms with Crippen LogP contribution >= 0.6 is 0 Å². The van der Waals surface area contributed by atoms with Crippen LogP contribution in [-0.2, 0) is 17.9 Å². The number of carbonyl (C=O) groups excluding carboxylic acids is 1. The van der Waals surface area contributed by atoms with Crippen molar-refractivity contribution >= 4 is 5.91 Å². The summed E-state index contributed by atoms with van der Waals surface area (Å²) in [6, 6.07) is 16.5. The van der Waals surface area contributed by atoms with Crippen molar-refractivity contribution in [1.82, 2.24) is 14.9 Å². The van der Waals surface area contributed by atoms with Crippen LogP contribution in [-0.4, -0.2) is 15.5 Å². The highest BCUT2D eigenvalue weighted by atomic mass is 19.1. The summed E-state index contributed by atoms with van der Waals surface area (Å²) in [5.41, 5.74) is 1.71. The van der Waals surface area contributed by atoms with Crippen LogP contribution in [0.2, 0.25) is 0 Å². The van der Waals surface area contributed by atoms with Gasteiger partial charge in [0.2, 0.25) is 5.91 Å². The van der Waals surface area contributed by atoms with Crippen molar-refractivity contribution in [2.24, 2.45) is 0 Å². The van der Waals surface area contributed by atoms with Crippen molar-refractivity contribution in [3.63, 3.8) is 0 Å². The summed E-state index contributed by atoms with van der Waals surface area (Å²) in [7, 11) is 0. The summed E-state index contributed by atoms with van der Waals surface area (Å²) in [4.78, 5) is 28.3. The monoisotopic (exact) mass is 337 g/mol. The van der Waals surface area contributed by atoms with Crippen LogP contribution in [0.5, 0.6) is 0 Å². The molecule has 0 unspecified atom stereocenters. The van der Waals surface area contributed by atoms with Crippen LogP contribution in [0.25, 0.3) is 11.3 Å². The van der Waals surface area contributed by atoms with Gasteiger partial charge >= 0.3 is 0 Å². The number of aromatic nitrogens is 2. The smallest absolute Gasteiger partial charge is 0.254 e. The minimum Gasteiger partial charge on any atom is -0.350 e. The van der Waals surface area contributed by atoms with Gasteiger partial charge in [0, 0.05) is 18.2 Å². The van der Waals surface area contributed by atoms with Gasteiger partial charge in [-0.2, -0.15) is 0 Å². The van der Waals surface area contributed by atoms with Crippen molar-refractivity contribution in [3.05, 3.63) is 88.7 Å². The molecular weight excluding hydrogens is 321 g/mol. The van der Waals surface area contributed by atoms with Gasteiger partial charge in [-0.25, -0.2) is 9.37 Å². The SMILES string of the molecule is O=C(Cn1cnc(-c2ccc(F)cc2)cc1=O)NCc1ccccc1. The van der Waals surface area contributed by atoms with E-state index in [4.69, 9.17) is 0 Å². The molecule has 0 fully saturated rings. The number of hydrogen-bond acceptors (Lipinski definition) is 3. The fourth-order valence-corrected chi connectivity index (χ4v) is 2.33. The van der Waals surface area contributed by atoms with E-state index in [-0.39, 0.29) is 23.8 Å². The predicted molar refractivity (Wildman–Crippen MR) is 92.2 cm³/mol. The Hall–Kier alpha value is -3.28. The van der Waals surface area contributed by atoms with Gasteiger partial charge in [0.25, 0.3) is 5.56 Å². The molecular formula is C19H16FN3O2. The van der Waals surface area contributed by atoms with Gasteiger partial charge in [-0.15, -0.1) is 0 Å². The number of nitrogens with one attached hydrogen (secondary N) is 1. The maximum atomic E-state index is 13.0. The lowest BCUT2D eigenvalue weighted by molar-refractivity contribution is -0.121. The second kappa shape index (κ2) is 7.53. The molecule has 0 bridgehead atoms. The van der Waals surface area contributed by atoms with Gasteiger partial charge in [-0.1, -0.05) is 30.3 Å². The zero-order valence-electron chi connectivity index (χ0n) is 13.4. The van der Waals surface area contributed by atoms with E-state index in [0.717, 1.165) is 5.56 Å². The average Bonchev–Trinajstić information content (AvgIpc) is 2.63. The van der Waals surface area contributed by atoms with Gasteiger partial charge in [0.05, 0.1) is 12.0 Å². The van der Waals surface area contributed by atoms with Crippen LogP contribution in [0, 0.1) is 5.82 Å². The van der Waals surface area contributed by atoms with Gasteiger partial charge in [-0.05, 0) is 29.8 Å². The molecule has 3 aromatic rings. The molecule has 2 aromatic carbocycles. The molecule has 126 valence electrons. The molecule has 3 rings (SSSR count). The van der Waals surface area contributed by atoms with E-state index in [1.54, 1.807) is 12.1 Å². The Morgan fingerprint density at radius 1 is 1.08 bits per heavy atom. The number of halogens is 1. The van der Waals surface area contributed by atoms with E-state index in [2.05, 4.69) is 10.3 Å². The lowest BCUT2D eigenvalue weighted by Crippen LogP contribution is -2.31. The minimum atomic E-state index is -0.354. The van der Waals surface area contributed by atoms with Crippen molar-refractivity contribution in [1.29, 1.82) is 0 Å². The molecule has 0 aliphatic carbocycles. The first-order valence-corrected chi connectivity index (χ1v) is 7.75. The largest absolute Gasteiger partial charge is 0.350 e. The number of benzene rings is 2. The number of rotatable bonds is 5. The topological polar surface area (TPSA) is 64.0 Å². The van der Waals surface area contributed by atoms with Crippen LogP contribution < -0.4 is 10.9 Å². The fraction of sp³-hybridized carbons (Fsp3) is 0.105. The molecule has 0 aliphatic rings. The number of nitrogens with zero attached hydrogens (tertiary/aromatic N) is 2. The molecule has 25 heavy (non-hydrogen) atoms. The van der Waals surface area contributed by atoms with Gasteiger partial charge in [0.1, 0.15) is 12.4 Å². The van der Waals surface area contributed by atoms with Crippen molar-refractivity contribution in [3.8, 4) is 11.3 Å². The first-order valence-electron chi connectivity index (χ1n) is 7.75. The van der Waals surface area contributed by atoms with E-state index in [0.29, 0.717) is 17.8 Å². The molecule has 1 N–H and O–H groups in total. The summed E-state index contributed by atoms with van der Waals surface area (Å²) in [5, 5.41) is 2.76. The number of carbonyl (C=O) groups is 1. The van der Waals surface area contributed by atoms with Gasteiger partial charge in [0.15, 0.2) is 0 Å². The molecule has 0 spiro atoms. The lowest BCUT2D eigenvalue weighted by Gasteiger charge is -2.08. The second-order valence-corrected chi connectivity index (χ2v) is 5.51. The summed E-state index contributed by atoms with van der Waals surface area (Å²) < 4.78 is 14.2. The maximum absolute atomic E-state index is 13.0. The second-order valence-electron chi connectivity index (χ2n) is 5.51. The third-order valence-corrected chi connectivity index (χ3v) is 3.67. The predicted octanol–water partition coefficient (Wildman–Crippen LogP) is 2.37. The quantitative estimate of drug-likeness (QED) is 0.777. The molecule has 0 atom stereocenters. The molecule has 1 heterocycles. The zero-order valence-corrected chi connectivity index (χ0v) is 13.4. The van der Waals surface area contributed by atoms with E-state index in [9.17, 15) is 14.0 Å². The highest BCUT2D eigenvalue weighted by Crippen LogP contribution is 2.14. The zero-order chi connectivity index (χ0) is 17.6.